The molecular weight excluding hydrogens is 313 g/mol. The van der Waals surface area contributed by atoms with Gasteiger partial charge < -0.3 is 24.6 Å². The maximum Gasteiger partial charge on any atom is 0.417 e. The van der Waals surface area contributed by atoms with Gasteiger partial charge in [-0.25, -0.2) is 0 Å². The van der Waals surface area contributed by atoms with Crippen LogP contribution in [0.25, 0.3) is 0 Å². The van der Waals surface area contributed by atoms with E-state index in [0.717, 1.165) is 18.9 Å². The van der Waals surface area contributed by atoms with Crippen LogP contribution in [0, 0.1) is 0 Å². The number of thioether (sulfide) groups is 1. The summed E-state index contributed by atoms with van der Waals surface area (Å²) in [7, 11) is 4.32. The minimum Gasteiger partial charge on any atom is -0.388 e. The fourth-order valence-electron chi connectivity index (χ4n) is 2.30. The molecule has 2 N–H and O–H groups in total. The van der Waals surface area contributed by atoms with Gasteiger partial charge in [-0.1, -0.05) is 11.8 Å². The molecule has 2 heterocycles. The number of fused-ring (bicyclic) bond motifs is 1. The van der Waals surface area contributed by atoms with Gasteiger partial charge >= 0.3 is 6.18 Å². The number of hydrogen-bond acceptors (Lipinski definition) is 7. The van der Waals surface area contributed by atoms with E-state index < -0.39 is 42.1 Å². The van der Waals surface area contributed by atoms with Crippen molar-refractivity contribution < 1.29 is 32.9 Å². The predicted molar refractivity (Wildman–Crippen MR) is 70.0 cm³/mol. The van der Waals surface area contributed by atoms with Gasteiger partial charge in [-0.15, -0.1) is 0 Å². The van der Waals surface area contributed by atoms with Crippen LogP contribution >= 0.6 is 11.8 Å². The highest BCUT2D eigenvalue weighted by Gasteiger charge is 2.56. The zero-order chi connectivity index (χ0) is 15.9. The van der Waals surface area contributed by atoms with Gasteiger partial charge in [-0.05, 0) is 0 Å². The van der Waals surface area contributed by atoms with Crippen LogP contribution in [0.2, 0.25) is 0 Å². The summed E-state index contributed by atoms with van der Waals surface area (Å²) in [4.78, 5) is 5.84. The molecule has 1 fully saturated rings. The predicted octanol–water partition coefficient (Wildman–Crippen LogP) is 0.0434. The first-order valence-corrected chi connectivity index (χ1v) is 7.07. The number of aliphatic hydroxyl groups is 2. The maximum atomic E-state index is 12.9. The topological polar surface area (TPSA) is 74.5 Å². The fourth-order valence-corrected chi connectivity index (χ4v) is 3.44. The molecule has 0 radical (unpaired) electrons. The standard InChI is InChI=1S/C11H17F3N2O4S/c1-16(2)10-15-4-5(17)6(18)7(20-9(4)21-10)8(19-3)11(12,13)14/h4-9,17-18H,1-3H3/t4-,5-,6+,7?,8-,9-/m1/s1. The van der Waals surface area contributed by atoms with E-state index in [0.29, 0.717) is 5.17 Å². The summed E-state index contributed by atoms with van der Waals surface area (Å²) in [6, 6.07) is -0.801. The minimum absolute atomic E-state index is 0.526. The molecule has 6 nitrogen and oxygen atoms in total. The number of halogens is 3. The summed E-state index contributed by atoms with van der Waals surface area (Å²) in [6.07, 6.45) is -11.9. The second kappa shape index (κ2) is 5.92. The van der Waals surface area contributed by atoms with Crippen molar-refractivity contribution in [1.82, 2.24) is 4.90 Å². The second-order valence-electron chi connectivity index (χ2n) is 5.06. The Hall–Kier alpha value is -0.550. The Morgan fingerprint density at radius 3 is 2.43 bits per heavy atom. The Morgan fingerprint density at radius 1 is 1.33 bits per heavy atom. The first kappa shape index (κ1) is 16.8. The largest absolute Gasteiger partial charge is 0.417 e. The Kier molecular flexibility index (Phi) is 4.74. The van der Waals surface area contributed by atoms with E-state index >= 15 is 0 Å². The van der Waals surface area contributed by atoms with Crippen molar-refractivity contribution in [1.29, 1.82) is 0 Å². The Balaban J connectivity index is 2.20. The lowest BCUT2D eigenvalue weighted by molar-refractivity contribution is -0.278. The molecular formula is C11H17F3N2O4S. The van der Waals surface area contributed by atoms with Crippen molar-refractivity contribution in [3.05, 3.63) is 0 Å². The third kappa shape index (κ3) is 3.14. The lowest BCUT2D eigenvalue weighted by atomic mass is 9.94. The minimum atomic E-state index is -4.71. The zero-order valence-corrected chi connectivity index (χ0v) is 12.4. The molecule has 0 bridgehead atoms. The Morgan fingerprint density at radius 2 is 1.95 bits per heavy atom. The molecule has 1 unspecified atom stereocenters. The Labute approximate surface area is 123 Å². The lowest BCUT2D eigenvalue weighted by Gasteiger charge is -2.41. The number of rotatable bonds is 2. The van der Waals surface area contributed by atoms with Crippen molar-refractivity contribution in [3.63, 3.8) is 0 Å². The lowest BCUT2D eigenvalue weighted by Crippen LogP contribution is -2.61. The average molecular weight is 330 g/mol. The van der Waals surface area contributed by atoms with Gasteiger partial charge in [0.25, 0.3) is 0 Å². The van der Waals surface area contributed by atoms with Crippen LogP contribution in [-0.4, -0.2) is 83.6 Å². The molecule has 0 aromatic carbocycles. The van der Waals surface area contributed by atoms with Gasteiger partial charge in [-0.3, -0.25) is 4.99 Å². The number of amidine groups is 1. The maximum absolute atomic E-state index is 12.9. The van der Waals surface area contributed by atoms with E-state index in [9.17, 15) is 23.4 Å². The van der Waals surface area contributed by atoms with E-state index in [-0.39, 0.29) is 0 Å². The monoisotopic (exact) mass is 330 g/mol. The number of hydrogen-bond donors (Lipinski definition) is 2. The summed E-state index contributed by atoms with van der Waals surface area (Å²) in [5.41, 5.74) is -0.786. The van der Waals surface area contributed by atoms with E-state index in [1.54, 1.807) is 19.0 Å². The van der Waals surface area contributed by atoms with Crippen LogP contribution in [0.5, 0.6) is 0 Å². The molecule has 6 atom stereocenters. The normalized spacial score (nSPS) is 37.9. The number of methoxy groups -OCH3 is 1. The molecule has 0 aliphatic carbocycles. The highest BCUT2D eigenvalue weighted by molar-refractivity contribution is 8.14. The van der Waals surface area contributed by atoms with E-state index in [4.69, 9.17) is 4.74 Å². The first-order valence-electron chi connectivity index (χ1n) is 6.19. The molecule has 0 saturated carbocycles. The van der Waals surface area contributed by atoms with Crippen molar-refractivity contribution in [2.45, 2.75) is 42.1 Å². The third-order valence-electron chi connectivity index (χ3n) is 3.35. The summed E-state index contributed by atoms with van der Waals surface area (Å²) in [5.74, 6) is 0. The molecule has 10 heteroatoms. The average Bonchev–Trinajstić information content (AvgIpc) is 2.78. The van der Waals surface area contributed by atoms with Crippen LogP contribution in [0.3, 0.4) is 0 Å². The molecule has 0 aromatic rings. The number of alkyl halides is 3. The van der Waals surface area contributed by atoms with E-state index in [1.165, 1.54) is 0 Å². The highest BCUT2D eigenvalue weighted by atomic mass is 32.2. The molecule has 0 amide bonds. The number of nitrogens with zero attached hydrogens (tertiary/aromatic N) is 2. The van der Waals surface area contributed by atoms with Crippen molar-refractivity contribution >= 4 is 16.9 Å². The summed E-state index contributed by atoms with van der Waals surface area (Å²) >= 11 is 1.11. The zero-order valence-electron chi connectivity index (χ0n) is 11.6. The van der Waals surface area contributed by atoms with Crippen LogP contribution < -0.4 is 0 Å². The SMILES string of the molecule is CO[C@H](C1O[C@@H]2SC(N(C)C)=N[C@@H]2[C@@H](O)[C@@H]1O)C(F)(F)F. The van der Waals surface area contributed by atoms with Gasteiger partial charge in [0, 0.05) is 21.2 Å². The second-order valence-corrected chi connectivity index (χ2v) is 6.13. The van der Waals surface area contributed by atoms with Crippen molar-refractivity contribution in [2.75, 3.05) is 21.2 Å². The van der Waals surface area contributed by atoms with Gasteiger partial charge in [0.1, 0.15) is 29.8 Å². The van der Waals surface area contributed by atoms with Crippen LogP contribution in [0.4, 0.5) is 13.2 Å². The first-order chi connectivity index (χ1) is 9.66. The van der Waals surface area contributed by atoms with E-state index in [1.807, 2.05) is 0 Å². The summed E-state index contributed by atoms with van der Waals surface area (Å²) in [5, 5.41) is 20.5. The molecule has 1 saturated heterocycles. The summed E-state index contributed by atoms with van der Waals surface area (Å²) < 4.78 is 48.5. The molecule has 21 heavy (non-hydrogen) atoms. The number of aliphatic hydroxyl groups excluding tert-OH is 2. The van der Waals surface area contributed by atoms with Gasteiger partial charge in [0.2, 0.25) is 0 Å². The molecule has 0 spiro atoms. The molecule has 2 aliphatic rings. The van der Waals surface area contributed by atoms with Gasteiger partial charge in [0.15, 0.2) is 11.3 Å². The van der Waals surface area contributed by atoms with Crippen LogP contribution in [-0.2, 0) is 9.47 Å². The fraction of sp³-hybridized carbons (Fsp3) is 0.909. The van der Waals surface area contributed by atoms with Gasteiger partial charge in [0.05, 0.1) is 0 Å². The van der Waals surface area contributed by atoms with Crippen LogP contribution in [0.15, 0.2) is 4.99 Å². The molecule has 0 aromatic heterocycles. The van der Waals surface area contributed by atoms with Crippen molar-refractivity contribution in [3.8, 4) is 0 Å². The van der Waals surface area contributed by atoms with Crippen molar-refractivity contribution in [2.24, 2.45) is 4.99 Å². The van der Waals surface area contributed by atoms with Crippen LogP contribution in [0.1, 0.15) is 0 Å². The number of ether oxygens (including phenoxy) is 2. The molecule has 2 aliphatic heterocycles. The Bertz CT molecular complexity index is 421. The number of aliphatic imine (C=N–C) groups is 1. The molecule has 122 valence electrons. The smallest absolute Gasteiger partial charge is 0.388 e. The molecule has 2 rings (SSSR count). The van der Waals surface area contributed by atoms with E-state index in [2.05, 4.69) is 9.73 Å². The highest BCUT2D eigenvalue weighted by Crippen LogP contribution is 2.40. The van der Waals surface area contributed by atoms with Gasteiger partial charge in [-0.2, -0.15) is 13.2 Å². The third-order valence-corrected chi connectivity index (χ3v) is 4.65. The quantitative estimate of drug-likeness (QED) is 0.745. The summed E-state index contributed by atoms with van der Waals surface area (Å²) in [6.45, 7) is 0.